The van der Waals surface area contributed by atoms with Crippen LogP contribution in [-0.2, 0) is 25.6 Å². The third-order valence-electron chi connectivity index (χ3n) is 4.45. The Labute approximate surface area is 180 Å². The molecule has 0 spiro atoms. The molecule has 0 aromatic heterocycles. The van der Waals surface area contributed by atoms with Crippen LogP contribution in [0.4, 0.5) is 0 Å². The van der Waals surface area contributed by atoms with E-state index in [1.165, 1.54) is 0 Å². The highest BCUT2D eigenvalue weighted by Crippen LogP contribution is 2.05. The zero-order valence-electron chi connectivity index (χ0n) is 17.3. The van der Waals surface area contributed by atoms with Gasteiger partial charge < -0.3 is 37.6 Å². The molecule has 0 heterocycles. The van der Waals surface area contributed by atoms with Crippen LogP contribution in [0.5, 0.6) is 0 Å². The number of aliphatic hydroxyl groups is 1. The maximum atomic E-state index is 12.6. The van der Waals surface area contributed by atoms with Gasteiger partial charge >= 0.3 is 5.97 Å². The molecule has 3 atom stereocenters. The van der Waals surface area contributed by atoms with Crippen LogP contribution in [0.2, 0.25) is 0 Å². The molecule has 0 aliphatic heterocycles. The Morgan fingerprint density at radius 1 is 0.935 bits per heavy atom. The highest BCUT2D eigenvalue weighted by Gasteiger charge is 2.28. The van der Waals surface area contributed by atoms with Crippen LogP contribution >= 0.6 is 0 Å². The van der Waals surface area contributed by atoms with Gasteiger partial charge in [0.2, 0.25) is 17.7 Å². The van der Waals surface area contributed by atoms with E-state index in [1.54, 1.807) is 30.3 Å². The Hall–Kier alpha value is -3.02. The standard InChI is InChI=1S/C20H31N5O6/c21-9-5-4-8-14(22)18(29)25-16(12-26)20(31)24-15(19(30)23-11-17(27)28)10-13-6-2-1-3-7-13/h1-3,6-7,14-16,26H,4-5,8-12,21-22H2,(H,23,30)(H,24,31)(H,25,29)(H,27,28)/t14-,15-,16-/m0/s1. The minimum Gasteiger partial charge on any atom is -0.480 e. The van der Waals surface area contributed by atoms with Gasteiger partial charge in [0.05, 0.1) is 12.6 Å². The molecule has 11 nitrogen and oxygen atoms in total. The number of carboxylic acids is 1. The fourth-order valence-corrected chi connectivity index (χ4v) is 2.73. The number of unbranched alkanes of at least 4 members (excludes halogenated alkanes) is 1. The van der Waals surface area contributed by atoms with Gasteiger partial charge in [0.1, 0.15) is 18.6 Å². The van der Waals surface area contributed by atoms with Crippen LogP contribution < -0.4 is 27.4 Å². The minimum absolute atomic E-state index is 0.0860. The molecule has 0 fully saturated rings. The SMILES string of the molecule is NCCCC[C@H](N)C(=O)N[C@@H](CO)C(=O)N[C@@H](Cc1ccccc1)C(=O)NCC(=O)O. The highest BCUT2D eigenvalue weighted by atomic mass is 16.4. The Balaban J connectivity index is 2.79. The summed E-state index contributed by atoms with van der Waals surface area (Å²) in [5.74, 6) is -3.35. The fourth-order valence-electron chi connectivity index (χ4n) is 2.73. The maximum absolute atomic E-state index is 12.6. The molecule has 31 heavy (non-hydrogen) atoms. The van der Waals surface area contributed by atoms with Crippen LogP contribution in [0, 0.1) is 0 Å². The summed E-state index contributed by atoms with van der Waals surface area (Å²) in [5.41, 5.74) is 11.9. The number of carbonyl (C=O) groups is 4. The zero-order chi connectivity index (χ0) is 23.2. The van der Waals surface area contributed by atoms with Crippen molar-refractivity contribution < 1.29 is 29.4 Å². The van der Waals surface area contributed by atoms with E-state index >= 15 is 0 Å². The lowest BCUT2D eigenvalue weighted by Gasteiger charge is -2.23. The number of amides is 3. The normalized spacial score (nSPS) is 13.5. The van der Waals surface area contributed by atoms with Crippen molar-refractivity contribution in [3.63, 3.8) is 0 Å². The molecule has 0 aliphatic carbocycles. The van der Waals surface area contributed by atoms with E-state index in [-0.39, 0.29) is 6.42 Å². The molecular formula is C20H31N5O6. The molecule has 1 aromatic carbocycles. The van der Waals surface area contributed by atoms with E-state index in [0.717, 1.165) is 5.56 Å². The summed E-state index contributed by atoms with van der Waals surface area (Å²) in [6.07, 6.45) is 1.81. The Bertz CT molecular complexity index is 730. The van der Waals surface area contributed by atoms with Gasteiger partial charge in [-0.05, 0) is 24.9 Å². The molecule has 11 heteroatoms. The van der Waals surface area contributed by atoms with Crippen molar-refractivity contribution in [2.75, 3.05) is 19.7 Å². The summed E-state index contributed by atoms with van der Waals surface area (Å²) in [4.78, 5) is 47.9. The number of aliphatic hydroxyl groups excluding tert-OH is 1. The topological polar surface area (TPSA) is 197 Å². The first-order valence-corrected chi connectivity index (χ1v) is 9.99. The number of carboxylic acid groups (broad SMARTS) is 1. The first-order valence-electron chi connectivity index (χ1n) is 9.99. The van der Waals surface area contributed by atoms with Crippen molar-refractivity contribution >= 4 is 23.7 Å². The summed E-state index contributed by atoms with van der Waals surface area (Å²) in [6.45, 7) is -0.845. The van der Waals surface area contributed by atoms with Crippen LogP contribution in [0.15, 0.2) is 30.3 Å². The van der Waals surface area contributed by atoms with Crippen molar-refractivity contribution in [2.24, 2.45) is 11.5 Å². The maximum Gasteiger partial charge on any atom is 0.322 e. The summed E-state index contributed by atoms with van der Waals surface area (Å²) in [6, 6.07) is 5.49. The smallest absolute Gasteiger partial charge is 0.322 e. The minimum atomic E-state index is -1.32. The Kier molecular flexibility index (Phi) is 11.8. The first-order chi connectivity index (χ1) is 14.8. The lowest BCUT2D eigenvalue weighted by Crippen LogP contribution is -2.57. The van der Waals surface area contributed by atoms with Crippen molar-refractivity contribution in [1.82, 2.24) is 16.0 Å². The summed E-state index contributed by atoms with van der Waals surface area (Å²) >= 11 is 0. The number of hydrogen-bond acceptors (Lipinski definition) is 7. The van der Waals surface area contributed by atoms with Gasteiger partial charge in [0.15, 0.2) is 0 Å². The zero-order valence-corrected chi connectivity index (χ0v) is 17.3. The Morgan fingerprint density at radius 3 is 2.16 bits per heavy atom. The monoisotopic (exact) mass is 437 g/mol. The van der Waals surface area contributed by atoms with E-state index in [2.05, 4.69) is 16.0 Å². The highest BCUT2D eigenvalue weighted by molar-refractivity contribution is 5.93. The predicted molar refractivity (Wildman–Crippen MR) is 113 cm³/mol. The number of rotatable bonds is 14. The number of nitrogens with two attached hydrogens (primary N) is 2. The third-order valence-corrected chi connectivity index (χ3v) is 4.45. The second kappa shape index (κ2) is 14.1. The molecule has 1 rings (SSSR count). The van der Waals surface area contributed by atoms with Gasteiger partial charge in [-0.3, -0.25) is 19.2 Å². The summed E-state index contributed by atoms with van der Waals surface area (Å²) < 4.78 is 0. The third kappa shape index (κ3) is 10.0. The van der Waals surface area contributed by atoms with Gasteiger partial charge in [0, 0.05) is 6.42 Å². The quantitative estimate of drug-likeness (QED) is 0.160. The second-order valence-corrected chi connectivity index (χ2v) is 7.00. The molecular weight excluding hydrogens is 406 g/mol. The average molecular weight is 437 g/mol. The van der Waals surface area contributed by atoms with E-state index in [0.29, 0.717) is 25.8 Å². The number of aliphatic carboxylic acids is 1. The van der Waals surface area contributed by atoms with E-state index in [4.69, 9.17) is 16.6 Å². The first kappa shape index (κ1) is 26.0. The van der Waals surface area contributed by atoms with Crippen molar-refractivity contribution in [2.45, 2.75) is 43.8 Å². The van der Waals surface area contributed by atoms with Gasteiger partial charge in [-0.15, -0.1) is 0 Å². The van der Waals surface area contributed by atoms with Gasteiger partial charge in [-0.1, -0.05) is 36.8 Å². The lowest BCUT2D eigenvalue weighted by molar-refractivity contribution is -0.138. The molecule has 0 bridgehead atoms. The van der Waals surface area contributed by atoms with Crippen LogP contribution in [0.1, 0.15) is 24.8 Å². The second-order valence-electron chi connectivity index (χ2n) is 7.00. The number of carbonyl (C=O) groups excluding carboxylic acids is 3. The van der Waals surface area contributed by atoms with Gasteiger partial charge in [-0.2, -0.15) is 0 Å². The largest absolute Gasteiger partial charge is 0.480 e. The van der Waals surface area contributed by atoms with E-state index in [9.17, 15) is 24.3 Å². The van der Waals surface area contributed by atoms with Crippen molar-refractivity contribution in [3.8, 4) is 0 Å². The fraction of sp³-hybridized carbons (Fsp3) is 0.500. The molecule has 0 aliphatic rings. The van der Waals surface area contributed by atoms with E-state index < -0.39 is 55.0 Å². The summed E-state index contributed by atoms with van der Waals surface area (Å²) in [7, 11) is 0. The lowest BCUT2D eigenvalue weighted by atomic mass is 10.0. The van der Waals surface area contributed by atoms with Crippen LogP contribution in [0.25, 0.3) is 0 Å². The molecule has 3 amide bonds. The molecule has 0 unspecified atom stereocenters. The molecule has 0 saturated heterocycles. The summed E-state index contributed by atoms with van der Waals surface area (Å²) in [5, 5.41) is 25.4. The van der Waals surface area contributed by atoms with Crippen LogP contribution in [0.3, 0.4) is 0 Å². The molecule has 0 radical (unpaired) electrons. The molecule has 0 saturated carbocycles. The van der Waals surface area contributed by atoms with Crippen molar-refractivity contribution in [3.05, 3.63) is 35.9 Å². The molecule has 1 aromatic rings. The predicted octanol–water partition coefficient (Wildman–Crippen LogP) is -2.15. The van der Waals surface area contributed by atoms with Gasteiger partial charge in [-0.25, -0.2) is 0 Å². The molecule has 9 N–H and O–H groups in total. The number of nitrogens with one attached hydrogen (secondary N) is 3. The number of benzene rings is 1. The van der Waals surface area contributed by atoms with E-state index in [1.807, 2.05) is 0 Å². The number of hydrogen-bond donors (Lipinski definition) is 7. The molecule has 172 valence electrons. The Morgan fingerprint density at radius 2 is 1.58 bits per heavy atom. The van der Waals surface area contributed by atoms with Crippen molar-refractivity contribution in [1.29, 1.82) is 0 Å². The average Bonchev–Trinajstić information content (AvgIpc) is 2.75. The van der Waals surface area contributed by atoms with Gasteiger partial charge in [0.25, 0.3) is 0 Å². The van der Waals surface area contributed by atoms with Crippen LogP contribution in [-0.4, -0.2) is 71.7 Å².